The Morgan fingerprint density at radius 3 is 2.50 bits per heavy atom. The molecule has 0 spiro atoms. The molecule has 0 N–H and O–H groups in total. The summed E-state index contributed by atoms with van der Waals surface area (Å²) in [6.45, 7) is 3.06. The van der Waals surface area contributed by atoms with Gasteiger partial charge in [0, 0.05) is 34.2 Å². The zero-order valence-electron chi connectivity index (χ0n) is 18.2. The number of nitrogens with zero attached hydrogens (tertiary/aromatic N) is 2. The molecule has 1 heterocycles. The first-order chi connectivity index (χ1) is 14.3. The van der Waals surface area contributed by atoms with Gasteiger partial charge in [0.05, 0.1) is 13.2 Å². The van der Waals surface area contributed by atoms with Gasteiger partial charge in [-0.1, -0.05) is 54.1 Å². The fourth-order valence-corrected chi connectivity index (χ4v) is 3.90. The summed E-state index contributed by atoms with van der Waals surface area (Å²) >= 11 is 0. The van der Waals surface area contributed by atoms with E-state index in [4.69, 9.17) is 9.47 Å². The molecule has 0 saturated carbocycles. The van der Waals surface area contributed by atoms with Gasteiger partial charge in [0.15, 0.2) is 5.60 Å². The van der Waals surface area contributed by atoms with E-state index < -0.39 is 5.60 Å². The molecule has 6 nitrogen and oxygen atoms in total. The largest absolute Gasteiger partial charge is 0.375 e. The number of methoxy groups -OCH3 is 1. The van der Waals surface area contributed by atoms with Crippen LogP contribution in [0.2, 0.25) is 0 Å². The van der Waals surface area contributed by atoms with Crippen LogP contribution in [0, 0.1) is 6.92 Å². The molecule has 0 aliphatic carbocycles. The second kappa shape index (κ2) is 9.41. The highest BCUT2D eigenvalue weighted by Crippen LogP contribution is 2.27. The summed E-state index contributed by atoms with van der Waals surface area (Å²) < 4.78 is 11.0. The molecule has 1 saturated heterocycles. The molecule has 2 aromatic carbocycles. The summed E-state index contributed by atoms with van der Waals surface area (Å²) in [7, 11) is 4.92. The number of hydrogen-bond donors (Lipinski definition) is 0. The molecule has 1 aliphatic heterocycles. The Hall–Kier alpha value is -2.70. The van der Waals surface area contributed by atoms with E-state index in [9.17, 15) is 9.59 Å². The number of ether oxygens (including phenoxy) is 2. The smallest absolute Gasteiger partial charge is 0.256 e. The lowest BCUT2D eigenvalue weighted by Gasteiger charge is -2.42. The minimum atomic E-state index is -1.10. The van der Waals surface area contributed by atoms with Crippen molar-refractivity contribution in [1.82, 2.24) is 9.80 Å². The average Bonchev–Trinajstić information content (AvgIpc) is 2.74. The van der Waals surface area contributed by atoms with Crippen molar-refractivity contribution in [3.05, 3.63) is 59.7 Å². The van der Waals surface area contributed by atoms with Gasteiger partial charge in [-0.2, -0.15) is 0 Å². The molecule has 0 radical (unpaired) electrons. The molecule has 1 fully saturated rings. The second-order valence-electron chi connectivity index (χ2n) is 8.03. The van der Waals surface area contributed by atoms with E-state index in [-0.39, 0.29) is 25.0 Å². The summed E-state index contributed by atoms with van der Waals surface area (Å²) in [5.41, 5.74) is 3.38. The SMILES string of the molecule is COCC(=O)N1CCO[C@@](Cc2ccc(-c3cccc(C)c3)cc2)(C(=O)N(C)C)C1. The maximum Gasteiger partial charge on any atom is 0.256 e. The number of morpholine rings is 1. The molecule has 2 aromatic rings. The van der Waals surface area contributed by atoms with Crippen molar-refractivity contribution in [2.45, 2.75) is 18.9 Å². The summed E-state index contributed by atoms with van der Waals surface area (Å²) in [6, 6.07) is 16.5. The van der Waals surface area contributed by atoms with Gasteiger partial charge in [0.25, 0.3) is 5.91 Å². The number of rotatable bonds is 6. The van der Waals surface area contributed by atoms with Gasteiger partial charge >= 0.3 is 0 Å². The first-order valence-electron chi connectivity index (χ1n) is 10.1. The van der Waals surface area contributed by atoms with Crippen LogP contribution < -0.4 is 0 Å². The lowest BCUT2D eigenvalue weighted by molar-refractivity contribution is -0.173. The second-order valence-corrected chi connectivity index (χ2v) is 8.03. The van der Waals surface area contributed by atoms with E-state index in [1.165, 1.54) is 17.6 Å². The van der Waals surface area contributed by atoms with E-state index in [2.05, 4.69) is 37.3 Å². The molecule has 3 rings (SSSR count). The lowest BCUT2D eigenvalue weighted by atomic mass is 9.90. The quantitative estimate of drug-likeness (QED) is 0.734. The minimum Gasteiger partial charge on any atom is -0.375 e. The average molecular weight is 411 g/mol. The van der Waals surface area contributed by atoms with Crippen LogP contribution in [0.5, 0.6) is 0 Å². The van der Waals surface area contributed by atoms with Crippen LogP contribution in [0.1, 0.15) is 11.1 Å². The van der Waals surface area contributed by atoms with Gasteiger partial charge in [0.2, 0.25) is 5.91 Å². The molecule has 2 amide bonds. The molecule has 30 heavy (non-hydrogen) atoms. The molecular weight excluding hydrogens is 380 g/mol. The van der Waals surface area contributed by atoms with Crippen molar-refractivity contribution >= 4 is 11.8 Å². The number of likely N-dealkylation sites (N-methyl/N-ethyl adjacent to an activating group) is 1. The van der Waals surface area contributed by atoms with Crippen LogP contribution >= 0.6 is 0 Å². The molecular formula is C24H30N2O4. The Balaban J connectivity index is 1.85. The third-order valence-corrected chi connectivity index (χ3v) is 5.40. The van der Waals surface area contributed by atoms with E-state index in [0.29, 0.717) is 19.6 Å². The zero-order chi connectivity index (χ0) is 21.7. The van der Waals surface area contributed by atoms with E-state index in [1.807, 2.05) is 18.2 Å². The van der Waals surface area contributed by atoms with Crippen LogP contribution in [-0.2, 0) is 25.5 Å². The number of amides is 2. The normalized spacial score (nSPS) is 18.9. The third kappa shape index (κ3) is 4.89. The number of aryl methyl sites for hydroxylation is 1. The summed E-state index contributed by atoms with van der Waals surface area (Å²) in [4.78, 5) is 28.7. The van der Waals surface area contributed by atoms with Crippen molar-refractivity contribution in [2.24, 2.45) is 0 Å². The van der Waals surface area contributed by atoms with Crippen molar-refractivity contribution in [3.63, 3.8) is 0 Å². The summed E-state index contributed by atoms with van der Waals surface area (Å²) in [6.07, 6.45) is 0.398. The Morgan fingerprint density at radius 1 is 1.13 bits per heavy atom. The predicted molar refractivity (Wildman–Crippen MR) is 116 cm³/mol. The van der Waals surface area contributed by atoms with Crippen molar-refractivity contribution in [3.8, 4) is 11.1 Å². The Kier molecular flexibility index (Phi) is 6.90. The monoisotopic (exact) mass is 410 g/mol. The Morgan fingerprint density at radius 2 is 1.87 bits per heavy atom. The fourth-order valence-electron chi connectivity index (χ4n) is 3.90. The lowest BCUT2D eigenvalue weighted by Crippen LogP contribution is -2.62. The van der Waals surface area contributed by atoms with Crippen LogP contribution in [0.3, 0.4) is 0 Å². The van der Waals surface area contributed by atoms with E-state index in [1.54, 1.807) is 19.0 Å². The van der Waals surface area contributed by atoms with Gasteiger partial charge in [-0.3, -0.25) is 9.59 Å². The predicted octanol–water partition coefficient (Wildman–Crippen LogP) is 2.54. The highest BCUT2D eigenvalue weighted by atomic mass is 16.5. The van der Waals surface area contributed by atoms with Crippen molar-refractivity contribution < 1.29 is 19.1 Å². The highest BCUT2D eigenvalue weighted by molar-refractivity contribution is 5.87. The standard InChI is InChI=1S/C24H30N2O4/c1-18-6-5-7-21(14-18)20-10-8-19(9-11-20)15-24(23(28)25(2)3)17-26(12-13-30-24)22(27)16-29-4/h5-11,14H,12-13,15-17H2,1-4H3/t24-/m1/s1. The topological polar surface area (TPSA) is 59.1 Å². The van der Waals surface area contributed by atoms with Gasteiger partial charge in [-0.15, -0.1) is 0 Å². The Labute approximate surface area is 178 Å². The van der Waals surface area contributed by atoms with Crippen molar-refractivity contribution in [2.75, 3.05) is 47.5 Å². The number of carbonyl (C=O) groups is 2. The van der Waals surface area contributed by atoms with Gasteiger partial charge in [0.1, 0.15) is 6.61 Å². The minimum absolute atomic E-state index is 0.00256. The molecule has 0 aromatic heterocycles. The van der Waals surface area contributed by atoms with Crippen molar-refractivity contribution in [1.29, 1.82) is 0 Å². The number of hydrogen-bond acceptors (Lipinski definition) is 4. The van der Waals surface area contributed by atoms with Gasteiger partial charge in [-0.05, 0) is 23.6 Å². The zero-order valence-corrected chi connectivity index (χ0v) is 18.2. The maximum atomic E-state index is 13.1. The summed E-state index contributed by atoms with van der Waals surface area (Å²) in [5.74, 6) is -0.272. The number of benzene rings is 2. The number of carbonyl (C=O) groups excluding carboxylic acids is 2. The van der Waals surface area contributed by atoms with Gasteiger partial charge < -0.3 is 19.3 Å². The van der Waals surface area contributed by atoms with Crippen LogP contribution in [-0.4, -0.2) is 74.7 Å². The Bertz CT molecular complexity index is 894. The molecule has 0 bridgehead atoms. The molecule has 1 aliphatic rings. The first-order valence-corrected chi connectivity index (χ1v) is 10.1. The first kappa shape index (κ1) is 22.0. The van der Waals surface area contributed by atoms with Gasteiger partial charge in [-0.25, -0.2) is 0 Å². The van der Waals surface area contributed by atoms with Crippen LogP contribution in [0.4, 0.5) is 0 Å². The van der Waals surface area contributed by atoms with Crippen LogP contribution in [0.25, 0.3) is 11.1 Å². The molecule has 6 heteroatoms. The van der Waals surface area contributed by atoms with E-state index >= 15 is 0 Å². The molecule has 1 atom stereocenters. The highest BCUT2D eigenvalue weighted by Gasteiger charge is 2.45. The molecule has 160 valence electrons. The summed E-state index contributed by atoms with van der Waals surface area (Å²) in [5, 5.41) is 0. The van der Waals surface area contributed by atoms with Crippen LogP contribution in [0.15, 0.2) is 48.5 Å². The maximum absolute atomic E-state index is 13.1. The third-order valence-electron chi connectivity index (χ3n) is 5.40. The molecule has 0 unspecified atom stereocenters. The fraction of sp³-hybridized carbons (Fsp3) is 0.417. The van der Waals surface area contributed by atoms with E-state index in [0.717, 1.165) is 16.7 Å².